The molecule has 5 nitrogen and oxygen atoms in total. The number of anilines is 1. The number of carbonyl (C=O) groups is 1. The predicted octanol–water partition coefficient (Wildman–Crippen LogP) is 3.23. The van der Waals surface area contributed by atoms with Gasteiger partial charge in [-0.2, -0.15) is 0 Å². The third-order valence-electron chi connectivity index (χ3n) is 3.12. The van der Waals surface area contributed by atoms with Crippen LogP contribution in [0.25, 0.3) is 10.9 Å². The van der Waals surface area contributed by atoms with Crippen molar-refractivity contribution in [2.24, 2.45) is 0 Å². The molecular weight excluding hydrogens is 268 g/mol. The Morgan fingerprint density at radius 3 is 3.05 bits per heavy atom. The van der Waals surface area contributed by atoms with Gasteiger partial charge >= 0.3 is 5.97 Å². The Balaban J connectivity index is 1.71. The van der Waals surface area contributed by atoms with Crippen LogP contribution >= 0.6 is 0 Å². The van der Waals surface area contributed by atoms with Crippen molar-refractivity contribution < 1.29 is 13.9 Å². The Morgan fingerprint density at radius 2 is 2.19 bits per heavy atom. The van der Waals surface area contributed by atoms with Crippen molar-refractivity contribution in [2.45, 2.75) is 6.54 Å². The lowest BCUT2D eigenvalue weighted by Gasteiger charge is -2.05. The van der Waals surface area contributed by atoms with Gasteiger partial charge in [0.15, 0.2) is 0 Å². The van der Waals surface area contributed by atoms with E-state index in [-0.39, 0.29) is 5.76 Å². The molecule has 0 fully saturated rings. The number of hydrogen-bond acceptors (Lipinski definition) is 5. The van der Waals surface area contributed by atoms with Crippen LogP contribution in [0.15, 0.2) is 53.1 Å². The van der Waals surface area contributed by atoms with Gasteiger partial charge in [0.25, 0.3) is 0 Å². The van der Waals surface area contributed by atoms with Crippen molar-refractivity contribution in [2.75, 3.05) is 12.4 Å². The van der Waals surface area contributed by atoms with Crippen LogP contribution in [0.1, 0.15) is 16.3 Å². The monoisotopic (exact) mass is 282 g/mol. The van der Waals surface area contributed by atoms with Crippen molar-refractivity contribution in [3.05, 3.63) is 60.2 Å². The average Bonchev–Trinajstić information content (AvgIpc) is 3.01. The summed E-state index contributed by atoms with van der Waals surface area (Å²) in [7, 11) is 1.33. The smallest absolute Gasteiger partial charge is 0.373 e. The molecule has 3 aromatic rings. The van der Waals surface area contributed by atoms with E-state index < -0.39 is 5.97 Å². The van der Waals surface area contributed by atoms with Gasteiger partial charge in [-0.25, -0.2) is 4.79 Å². The van der Waals surface area contributed by atoms with E-state index in [1.807, 2.05) is 30.3 Å². The van der Waals surface area contributed by atoms with Gasteiger partial charge in [0, 0.05) is 17.3 Å². The van der Waals surface area contributed by atoms with E-state index in [0.29, 0.717) is 12.3 Å². The van der Waals surface area contributed by atoms with Crippen molar-refractivity contribution >= 4 is 22.6 Å². The first-order valence-electron chi connectivity index (χ1n) is 6.52. The summed E-state index contributed by atoms with van der Waals surface area (Å²) in [6, 6.07) is 13.2. The first-order valence-corrected chi connectivity index (χ1v) is 6.52. The molecule has 0 unspecified atom stereocenters. The standard InChI is InChI=1S/C16H14N2O3/c1-20-16(19)15-7-5-13(21-15)10-18-12-4-6-14-11(9-12)3-2-8-17-14/h2-9,18H,10H2,1H3. The number of methoxy groups -OCH3 is 1. The quantitative estimate of drug-likeness (QED) is 0.744. The second kappa shape index (κ2) is 5.66. The van der Waals surface area contributed by atoms with Crippen LogP contribution < -0.4 is 5.32 Å². The Morgan fingerprint density at radius 1 is 1.29 bits per heavy atom. The summed E-state index contributed by atoms with van der Waals surface area (Å²) in [5.74, 6) is 0.400. The fraction of sp³-hybridized carbons (Fsp3) is 0.125. The summed E-state index contributed by atoms with van der Waals surface area (Å²) in [5.41, 5.74) is 1.92. The number of esters is 1. The summed E-state index contributed by atoms with van der Waals surface area (Å²) < 4.78 is 10.00. The molecule has 0 saturated carbocycles. The lowest BCUT2D eigenvalue weighted by molar-refractivity contribution is 0.0563. The lowest BCUT2D eigenvalue weighted by Crippen LogP contribution is -2.00. The van der Waals surface area contributed by atoms with Crippen molar-refractivity contribution in [1.82, 2.24) is 4.98 Å². The van der Waals surface area contributed by atoms with Crippen LogP contribution in [0.3, 0.4) is 0 Å². The number of pyridine rings is 1. The van der Waals surface area contributed by atoms with Gasteiger partial charge < -0.3 is 14.5 Å². The molecule has 3 rings (SSSR count). The SMILES string of the molecule is COC(=O)c1ccc(CNc2ccc3ncccc3c2)o1. The molecule has 0 saturated heterocycles. The molecule has 0 atom stereocenters. The molecule has 0 amide bonds. The minimum atomic E-state index is -0.474. The van der Waals surface area contributed by atoms with Gasteiger partial charge in [0.2, 0.25) is 5.76 Å². The number of benzene rings is 1. The molecule has 0 aliphatic rings. The van der Waals surface area contributed by atoms with Crippen LogP contribution in [0.4, 0.5) is 5.69 Å². The van der Waals surface area contributed by atoms with Crippen LogP contribution in [0.5, 0.6) is 0 Å². The topological polar surface area (TPSA) is 64.4 Å². The van der Waals surface area contributed by atoms with Crippen molar-refractivity contribution in [3.63, 3.8) is 0 Å². The number of ether oxygens (including phenoxy) is 1. The predicted molar refractivity (Wildman–Crippen MR) is 79.1 cm³/mol. The maximum atomic E-state index is 11.3. The zero-order chi connectivity index (χ0) is 14.7. The molecule has 2 heterocycles. The van der Waals surface area contributed by atoms with E-state index in [9.17, 15) is 4.79 Å². The Labute approximate surface area is 121 Å². The number of fused-ring (bicyclic) bond motifs is 1. The fourth-order valence-corrected chi connectivity index (χ4v) is 2.06. The molecule has 5 heteroatoms. The van der Waals surface area contributed by atoms with E-state index in [1.54, 1.807) is 18.3 Å². The number of aromatic nitrogens is 1. The molecule has 1 aromatic carbocycles. The highest BCUT2D eigenvalue weighted by atomic mass is 16.5. The Kier molecular flexibility index (Phi) is 3.55. The second-order valence-corrected chi connectivity index (χ2v) is 4.52. The third kappa shape index (κ3) is 2.86. The van der Waals surface area contributed by atoms with E-state index in [1.165, 1.54) is 7.11 Å². The van der Waals surface area contributed by atoms with Gasteiger partial charge in [0.05, 0.1) is 19.2 Å². The lowest BCUT2D eigenvalue weighted by atomic mass is 10.2. The fourth-order valence-electron chi connectivity index (χ4n) is 2.06. The highest BCUT2D eigenvalue weighted by molar-refractivity contribution is 5.86. The van der Waals surface area contributed by atoms with Crippen LogP contribution in [-0.2, 0) is 11.3 Å². The van der Waals surface area contributed by atoms with Gasteiger partial charge in [0.1, 0.15) is 5.76 Å². The van der Waals surface area contributed by atoms with Crippen LogP contribution in [0.2, 0.25) is 0 Å². The van der Waals surface area contributed by atoms with Gasteiger partial charge in [-0.1, -0.05) is 6.07 Å². The molecule has 2 aromatic heterocycles. The average molecular weight is 282 g/mol. The molecule has 0 radical (unpaired) electrons. The van der Waals surface area contributed by atoms with Gasteiger partial charge in [-0.15, -0.1) is 0 Å². The molecule has 0 spiro atoms. The normalized spacial score (nSPS) is 10.5. The molecule has 0 aliphatic carbocycles. The van der Waals surface area contributed by atoms with Crippen molar-refractivity contribution in [1.29, 1.82) is 0 Å². The van der Waals surface area contributed by atoms with Gasteiger partial charge in [-0.3, -0.25) is 4.98 Å². The molecule has 0 bridgehead atoms. The second-order valence-electron chi connectivity index (χ2n) is 4.52. The number of nitrogens with one attached hydrogen (secondary N) is 1. The largest absolute Gasteiger partial charge is 0.463 e. The molecule has 106 valence electrons. The number of carbonyl (C=O) groups excluding carboxylic acids is 1. The molecule has 21 heavy (non-hydrogen) atoms. The summed E-state index contributed by atoms with van der Waals surface area (Å²) >= 11 is 0. The zero-order valence-corrected chi connectivity index (χ0v) is 11.5. The minimum absolute atomic E-state index is 0.206. The third-order valence-corrected chi connectivity index (χ3v) is 3.12. The highest BCUT2D eigenvalue weighted by Gasteiger charge is 2.10. The molecular formula is C16H14N2O3. The number of furan rings is 1. The first kappa shape index (κ1) is 13.2. The van der Waals surface area contributed by atoms with E-state index in [0.717, 1.165) is 16.6 Å². The summed E-state index contributed by atoms with van der Waals surface area (Å²) in [6.45, 7) is 0.489. The van der Waals surface area contributed by atoms with Crippen LogP contribution in [0, 0.1) is 0 Å². The number of nitrogens with zero attached hydrogens (tertiary/aromatic N) is 1. The summed E-state index contributed by atoms with van der Waals surface area (Å²) in [4.78, 5) is 15.6. The minimum Gasteiger partial charge on any atom is -0.463 e. The van der Waals surface area contributed by atoms with Crippen molar-refractivity contribution in [3.8, 4) is 0 Å². The molecule has 0 aliphatic heterocycles. The maximum Gasteiger partial charge on any atom is 0.373 e. The highest BCUT2D eigenvalue weighted by Crippen LogP contribution is 2.18. The van der Waals surface area contributed by atoms with E-state index >= 15 is 0 Å². The van der Waals surface area contributed by atoms with E-state index in [4.69, 9.17) is 4.42 Å². The summed E-state index contributed by atoms with van der Waals surface area (Å²) in [6.07, 6.45) is 1.77. The van der Waals surface area contributed by atoms with Crippen LogP contribution in [-0.4, -0.2) is 18.1 Å². The first-order chi connectivity index (χ1) is 10.3. The zero-order valence-electron chi connectivity index (χ0n) is 11.5. The van der Waals surface area contributed by atoms with E-state index in [2.05, 4.69) is 15.0 Å². The maximum absolute atomic E-state index is 11.3. The Bertz CT molecular complexity index is 780. The summed E-state index contributed by atoms with van der Waals surface area (Å²) in [5, 5.41) is 4.32. The number of hydrogen-bond donors (Lipinski definition) is 1. The van der Waals surface area contributed by atoms with Gasteiger partial charge in [-0.05, 0) is 36.4 Å². The Hall–Kier alpha value is -2.82. The number of rotatable bonds is 4. The molecule has 1 N–H and O–H groups in total.